The summed E-state index contributed by atoms with van der Waals surface area (Å²) in [5.41, 5.74) is -0.326. The summed E-state index contributed by atoms with van der Waals surface area (Å²) in [5, 5.41) is 18.6. The summed E-state index contributed by atoms with van der Waals surface area (Å²) in [6.07, 6.45) is 1.87. The van der Waals surface area contributed by atoms with Crippen molar-refractivity contribution >= 4 is 11.7 Å². The molecule has 0 aromatic heterocycles. The largest absolute Gasteiger partial charge is 0.481 e. The average Bonchev–Trinajstić information content (AvgIpc) is 2.46. The number of benzene rings is 1. The van der Waals surface area contributed by atoms with Crippen LogP contribution in [0.4, 0.5) is 10.1 Å². The van der Waals surface area contributed by atoms with Gasteiger partial charge in [0.1, 0.15) is 17.4 Å². The molecule has 1 atom stereocenters. The van der Waals surface area contributed by atoms with Gasteiger partial charge in [0.25, 0.3) is 0 Å². The maximum Gasteiger partial charge on any atom is 0.311 e. The van der Waals surface area contributed by atoms with Gasteiger partial charge in [0, 0.05) is 13.1 Å². The Morgan fingerprint density at radius 2 is 2.35 bits per heavy atom. The second-order valence-electron chi connectivity index (χ2n) is 5.21. The van der Waals surface area contributed by atoms with E-state index < -0.39 is 17.2 Å². The summed E-state index contributed by atoms with van der Waals surface area (Å²) < 4.78 is 13.7. The van der Waals surface area contributed by atoms with Crippen LogP contribution in [0.25, 0.3) is 0 Å². The van der Waals surface area contributed by atoms with Gasteiger partial charge in [0.2, 0.25) is 0 Å². The fraction of sp³-hybridized carbons (Fsp3) is 0.467. The number of carboxylic acids is 1. The highest BCUT2D eigenvalue weighted by molar-refractivity contribution is 5.76. The zero-order valence-corrected chi connectivity index (χ0v) is 11.4. The molecule has 1 N–H and O–H groups in total. The third-order valence-electron chi connectivity index (χ3n) is 4.15. The van der Waals surface area contributed by atoms with Crippen molar-refractivity contribution in [3.8, 4) is 6.07 Å². The minimum absolute atomic E-state index is 0.00945. The first-order valence-electron chi connectivity index (χ1n) is 6.71. The lowest BCUT2D eigenvalue weighted by atomic mass is 9.77. The Hall–Kier alpha value is -2.09. The molecule has 1 unspecified atom stereocenters. The van der Waals surface area contributed by atoms with Gasteiger partial charge in [0.15, 0.2) is 0 Å². The van der Waals surface area contributed by atoms with Crippen LogP contribution in [0.15, 0.2) is 18.2 Å². The van der Waals surface area contributed by atoms with E-state index in [2.05, 4.69) is 0 Å². The SMILES string of the molecule is CCC1(C(=O)O)CCCN(c2cccc(F)c2C#N)C1. The fourth-order valence-electron chi connectivity index (χ4n) is 2.84. The van der Waals surface area contributed by atoms with Gasteiger partial charge in [-0.3, -0.25) is 4.79 Å². The van der Waals surface area contributed by atoms with Crippen LogP contribution in [0, 0.1) is 22.6 Å². The lowest BCUT2D eigenvalue weighted by Gasteiger charge is -2.40. The Kier molecular flexibility index (Phi) is 3.93. The normalized spacial score (nSPS) is 22.4. The predicted molar refractivity (Wildman–Crippen MR) is 72.9 cm³/mol. The molecule has 1 aliphatic heterocycles. The van der Waals surface area contributed by atoms with Crippen molar-refractivity contribution in [3.05, 3.63) is 29.6 Å². The molecule has 20 heavy (non-hydrogen) atoms. The highest BCUT2D eigenvalue weighted by Crippen LogP contribution is 2.37. The van der Waals surface area contributed by atoms with Crippen molar-refractivity contribution in [2.75, 3.05) is 18.0 Å². The van der Waals surface area contributed by atoms with Crippen LogP contribution in [0.2, 0.25) is 0 Å². The van der Waals surface area contributed by atoms with E-state index in [-0.39, 0.29) is 5.56 Å². The van der Waals surface area contributed by atoms with Crippen LogP contribution >= 0.6 is 0 Å². The summed E-state index contributed by atoms with van der Waals surface area (Å²) >= 11 is 0. The Labute approximate surface area is 117 Å². The number of nitriles is 1. The zero-order valence-electron chi connectivity index (χ0n) is 11.4. The number of piperidine rings is 1. The van der Waals surface area contributed by atoms with E-state index in [1.807, 2.05) is 17.9 Å². The Balaban J connectivity index is 2.37. The zero-order chi connectivity index (χ0) is 14.8. The van der Waals surface area contributed by atoms with Crippen LogP contribution < -0.4 is 4.90 Å². The fourth-order valence-corrected chi connectivity index (χ4v) is 2.84. The molecule has 1 saturated heterocycles. The number of anilines is 1. The van der Waals surface area contributed by atoms with E-state index in [0.29, 0.717) is 31.6 Å². The molecule has 1 fully saturated rings. The van der Waals surface area contributed by atoms with Crippen molar-refractivity contribution in [1.29, 1.82) is 5.26 Å². The van der Waals surface area contributed by atoms with Gasteiger partial charge in [-0.1, -0.05) is 13.0 Å². The summed E-state index contributed by atoms with van der Waals surface area (Å²) in [6.45, 7) is 2.82. The van der Waals surface area contributed by atoms with Gasteiger partial charge in [-0.25, -0.2) is 4.39 Å². The van der Waals surface area contributed by atoms with Gasteiger partial charge in [-0.2, -0.15) is 5.26 Å². The van der Waals surface area contributed by atoms with Crippen molar-refractivity contribution < 1.29 is 14.3 Å². The van der Waals surface area contributed by atoms with Crippen molar-refractivity contribution in [2.24, 2.45) is 5.41 Å². The van der Waals surface area contributed by atoms with E-state index in [4.69, 9.17) is 5.26 Å². The molecule has 4 nitrogen and oxygen atoms in total. The number of aliphatic carboxylic acids is 1. The van der Waals surface area contributed by atoms with Crippen LogP contribution in [-0.2, 0) is 4.79 Å². The minimum atomic E-state index is -0.820. The number of nitrogens with zero attached hydrogens (tertiary/aromatic N) is 2. The van der Waals surface area contributed by atoms with Crippen LogP contribution in [0.5, 0.6) is 0 Å². The molecule has 1 heterocycles. The summed E-state index contributed by atoms with van der Waals surface area (Å²) in [5.74, 6) is -1.38. The maximum absolute atomic E-state index is 13.7. The summed E-state index contributed by atoms with van der Waals surface area (Å²) in [7, 11) is 0. The molecule has 0 spiro atoms. The molecule has 0 radical (unpaired) electrons. The number of hydrogen-bond acceptors (Lipinski definition) is 3. The Morgan fingerprint density at radius 3 is 2.95 bits per heavy atom. The summed E-state index contributed by atoms with van der Waals surface area (Å²) in [4.78, 5) is 13.4. The molecule has 1 aliphatic rings. The van der Waals surface area contributed by atoms with E-state index in [9.17, 15) is 14.3 Å². The molecule has 2 rings (SSSR count). The lowest BCUT2D eigenvalue weighted by Crippen LogP contribution is -2.47. The highest BCUT2D eigenvalue weighted by Gasteiger charge is 2.41. The first kappa shape index (κ1) is 14.3. The molecule has 0 amide bonds. The van der Waals surface area contributed by atoms with Crippen molar-refractivity contribution in [2.45, 2.75) is 26.2 Å². The maximum atomic E-state index is 13.7. The topological polar surface area (TPSA) is 64.3 Å². The van der Waals surface area contributed by atoms with Gasteiger partial charge in [-0.05, 0) is 31.4 Å². The molecule has 1 aromatic rings. The van der Waals surface area contributed by atoms with Gasteiger partial charge in [-0.15, -0.1) is 0 Å². The first-order chi connectivity index (χ1) is 9.54. The number of hydrogen-bond donors (Lipinski definition) is 1. The van der Waals surface area contributed by atoms with Gasteiger partial charge >= 0.3 is 5.97 Å². The lowest BCUT2D eigenvalue weighted by molar-refractivity contribution is -0.149. The molecular weight excluding hydrogens is 259 g/mol. The van der Waals surface area contributed by atoms with Crippen LogP contribution in [0.1, 0.15) is 31.7 Å². The number of carboxylic acid groups (broad SMARTS) is 1. The van der Waals surface area contributed by atoms with Gasteiger partial charge in [0.05, 0.1) is 11.1 Å². The molecule has 0 saturated carbocycles. The Morgan fingerprint density at radius 1 is 1.60 bits per heavy atom. The molecule has 0 bridgehead atoms. The second kappa shape index (κ2) is 5.49. The average molecular weight is 276 g/mol. The Bertz CT molecular complexity index is 567. The van der Waals surface area contributed by atoms with E-state index >= 15 is 0 Å². The molecule has 5 heteroatoms. The number of rotatable bonds is 3. The third-order valence-corrected chi connectivity index (χ3v) is 4.15. The third kappa shape index (κ3) is 2.34. The monoisotopic (exact) mass is 276 g/mol. The first-order valence-corrected chi connectivity index (χ1v) is 6.71. The van der Waals surface area contributed by atoms with Crippen molar-refractivity contribution in [1.82, 2.24) is 0 Å². The number of carbonyl (C=O) groups is 1. The summed E-state index contributed by atoms with van der Waals surface area (Å²) in [6, 6.07) is 6.34. The smallest absolute Gasteiger partial charge is 0.311 e. The van der Waals surface area contributed by atoms with Crippen LogP contribution in [0.3, 0.4) is 0 Å². The molecule has 106 valence electrons. The number of halogens is 1. The minimum Gasteiger partial charge on any atom is -0.481 e. The predicted octanol–water partition coefficient (Wildman–Crippen LogP) is 2.78. The molecule has 1 aromatic carbocycles. The second-order valence-corrected chi connectivity index (χ2v) is 5.21. The van der Waals surface area contributed by atoms with E-state index in [1.165, 1.54) is 6.07 Å². The highest BCUT2D eigenvalue weighted by atomic mass is 19.1. The van der Waals surface area contributed by atoms with Crippen molar-refractivity contribution in [3.63, 3.8) is 0 Å². The molecule has 0 aliphatic carbocycles. The van der Waals surface area contributed by atoms with Crippen LogP contribution in [-0.4, -0.2) is 24.2 Å². The van der Waals surface area contributed by atoms with E-state index in [0.717, 1.165) is 6.42 Å². The molecular formula is C15H17FN2O2. The van der Waals surface area contributed by atoms with E-state index in [1.54, 1.807) is 12.1 Å². The standard InChI is InChI=1S/C15H17FN2O2/c1-2-15(14(19)20)7-4-8-18(10-15)13-6-3-5-12(16)11(13)9-17/h3,5-6H,2,4,7-8,10H2,1H3,(H,19,20). The van der Waals surface area contributed by atoms with Gasteiger partial charge < -0.3 is 10.0 Å². The quantitative estimate of drug-likeness (QED) is 0.922.